The normalized spacial score (nSPS) is 12.2. The van der Waals surface area contributed by atoms with Gasteiger partial charge in [-0.2, -0.15) is 0 Å². The molecule has 2 N–H and O–H groups in total. The highest BCUT2D eigenvalue weighted by Gasteiger charge is 2.16. The van der Waals surface area contributed by atoms with E-state index in [1.54, 1.807) is 0 Å². The number of aromatic nitrogens is 2. The van der Waals surface area contributed by atoms with E-state index in [0.717, 1.165) is 28.3 Å². The molecule has 6 nitrogen and oxygen atoms in total. The molecule has 3 aromatic rings. The highest BCUT2D eigenvalue weighted by molar-refractivity contribution is 7.15. The topological polar surface area (TPSA) is 83.7 Å². The lowest BCUT2D eigenvalue weighted by Crippen LogP contribution is -2.39. The molecule has 0 aliphatic rings. The van der Waals surface area contributed by atoms with Gasteiger partial charge in [0.05, 0.1) is 12.1 Å². The van der Waals surface area contributed by atoms with Crippen molar-refractivity contribution < 1.29 is 14.7 Å². The molecule has 130 valence electrons. The van der Waals surface area contributed by atoms with Crippen LogP contribution in [0.1, 0.15) is 25.1 Å². The Balaban J connectivity index is 1.80. The van der Waals surface area contributed by atoms with E-state index in [1.807, 2.05) is 28.1 Å². The molecule has 0 bridgehead atoms. The number of hydrogen-bond donors (Lipinski definition) is 2. The quantitative estimate of drug-likeness (QED) is 0.710. The summed E-state index contributed by atoms with van der Waals surface area (Å²) in [6, 6.07) is 7.37. The first kappa shape index (κ1) is 17.2. The SMILES string of the molecule is CCc1ccc(-c2cn3c(CC(=O)NC(C)C(=O)O)csc3n2)cc1. The van der Waals surface area contributed by atoms with Crippen LogP contribution >= 0.6 is 11.3 Å². The van der Waals surface area contributed by atoms with Crippen molar-refractivity contribution in [3.63, 3.8) is 0 Å². The molecule has 0 saturated heterocycles. The minimum Gasteiger partial charge on any atom is -0.480 e. The van der Waals surface area contributed by atoms with Crippen molar-refractivity contribution in [2.24, 2.45) is 0 Å². The Bertz CT molecular complexity index is 911. The van der Waals surface area contributed by atoms with E-state index in [-0.39, 0.29) is 12.3 Å². The fourth-order valence-electron chi connectivity index (χ4n) is 2.53. The summed E-state index contributed by atoms with van der Waals surface area (Å²) in [5, 5.41) is 13.2. The summed E-state index contributed by atoms with van der Waals surface area (Å²) in [5.74, 6) is -1.37. The summed E-state index contributed by atoms with van der Waals surface area (Å²) in [7, 11) is 0. The number of imidazole rings is 1. The van der Waals surface area contributed by atoms with Crippen LogP contribution in [-0.2, 0) is 22.4 Å². The van der Waals surface area contributed by atoms with Gasteiger partial charge in [-0.3, -0.25) is 14.0 Å². The molecule has 2 aromatic heterocycles. The summed E-state index contributed by atoms with van der Waals surface area (Å²) < 4.78 is 1.89. The molecule has 3 rings (SSSR count). The van der Waals surface area contributed by atoms with Gasteiger partial charge in [-0.15, -0.1) is 11.3 Å². The second-order valence-electron chi connectivity index (χ2n) is 5.86. The van der Waals surface area contributed by atoms with Gasteiger partial charge in [0.1, 0.15) is 6.04 Å². The monoisotopic (exact) mass is 357 g/mol. The molecule has 7 heteroatoms. The Morgan fingerprint density at radius 3 is 2.68 bits per heavy atom. The first-order chi connectivity index (χ1) is 12.0. The third-order valence-corrected chi connectivity index (χ3v) is 4.92. The van der Waals surface area contributed by atoms with Gasteiger partial charge in [0.25, 0.3) is 0 Å². The van der Waals surface area contributed by atoms with Crippen molar-refractivity contribution in [1.29, 1.82) is 0 Å². The predicted octanol–water partition coefficient (Wildman–Crippen LogP) is 2.76. The summed E-state index contributed by atoms with van der Waals surface area (Å²) in [6.45, 7) is 3.56. The smallest absolute Gasteiger partial charge is 0.325 e. The predicted molar refractivity (Wildman–Crippen MR) is 96.8 cm³/mol. The van der Waals surface area contributed by atoms with Crippen molar-refractivity contribution in [2.45, 2.75) is 32.7 Å². The Labute approximate surface area is 149 Å². The van der Waals surface area contributed by atoms with Crippen LogP contribution in [-0.4, -0.2) is 32.4 Å². The van der Waals surface area contributed by atoms with Gasteiger partial charge >= 0.3 is 5.97 Å². The average molecular weight is 357 g/mol. The largest absolute Gasteiger partial charge is 0.480 e. The second-order valence-corrected chi connectivity index (χ2v) is 6.70. The number of amides is 1. The maximum Gasteiger partial charge on any atom is 0.325 e. The standard InChI is InChI=1S/C18H19N3O3S/c1-3-12-4-6-13(7-5-12)15-9-21-14(10-25-18(21)20-15)8-16(22)19-11(2)17(23)24/h4-7,9-11H,3,8H2,1-2H3,(H,19,22)(H,23,24). The van der Waals surface area contributed by atoms with Gasteiger partial charge in [0.2, 0.25) is 5.91 Å². The maximum absolute atomic E-state index is 12.0. The molecule has 25 heavy (non-hydrogen) atoms. The van der Waals surface area contributed by atoms with E-state index < -0.39 is 12.0 Å². The number of fused-ring (bicyclic) bond motifs is 1. The van der Waals surface area contributed by atoms with Crippen LogP contribution < -0.4 is 5.32 Å². The van der Waals surface area contributed by atoms with Crippen LogP contribution in [0.3, 0.4) is 0 Å². The summed E-state index contributed by atoms with van der Waals surface area (Å²) in [4.78, 5) is 28.3. The number of nitrogens with zero attached hydrogens (tertiary/aromatic N) is 2. The second kappa shape index (κ2) is 7.06. The number of carbonyl (C=O) groups excluding carboxylic acids is 1. The molecule has 0 fully saturated rings. The number of benzene rings is 1. The number of nitrogens with one attached hydrogen (secondary N) is 1. The van der Waals surface area contributed by atoms with Gasteiger partial charge in [0.15, 0.2) is 4.96 Å². The summed E-state index contributed by atoms with van der Waals surface area (Å²) in [6.07, 6.45) is 3.02. The molecule has 0 aliphatic heterocycles. The van der Waals surface area contributed by atoms with Crippen molar-refractivity contribution in [3.8, 4) is 11.3 Å². The molecule has 0 radical (unpaired) electrons. The van der Waals surface area contributed by atoms with Crippen LogP contribution in [0.2, 0.25) is 0 Å². The van der Waals surface area contributed by atoms with Crippen LogP contribution in [0, 0.1) is 0 Å². The van der Waals surface area contributed by atoms with Crippen molar-refractivity contribution in [2.75, 3.05) is 0 Å². The van der Waals surface area contributed by atoms with E-state index in [2.05, 4.69) is 29.4 Å². The van der Waals surface area contributed by atoms with Gasteiger partial charge in [-0.05, 0) is 18.9 Å². The molecule has 0 aliphatic carbocycles. The van der Waals surface area contributed by atoms with Crippen LogP contribution in [0.15, 0.2) is 35.8 Å². The van der Waals surface area contributed by atoms with E-state index in [1.165, 1.54) is 23.8 Å². The van der Waals surface area contributed by atoms with Crippen LogP contribution in [0.5, 0.6) is 0 Å². The third kappa shape index (κ3) is 3.71. The first-order valence-corrected chi connectivity index (χ1v) is 8.93. The Morgan fingerprint density at radius 2 is 2.04 bits per heavy atom. The summed E-state index contributed by atoms with van der Waals surface area (Å²) >= 11 is 1.46. The lowest BCUT2D eigenvalue weighted by Gasteiger charge is -2.08. The zero-order valence-corrected chi connectivity index (χ0v) is 14.8. The van der Waals surface area contributed by atoms with E-state index in [4.69, 9.17) is 5.11 Å². The molecule has 1 amide bonds. The van der Waals surface area contributed by atoms with Crippen LogP contribution in [0.4, 0.5) is 0 Å². The maximum atomic E-state index is 12.0. The lowest BCUT2D eigenvalue weighted by molar-refractivity contribution is -0.141. The Morgan fingerprint density at radius 1 is 1.32 bits per heavy atom. The number of aryl methyl sites for hydroxylation is 1. The Kier molecular flexibility index (Phi) is 4.85. The molecule has 1 atom stereocenters. The number of aliphatic carboxylic acids is 1. The average Bonchev–Trinajstić information content (AvgIpc) is 3.17. The van der Waals surface area contributed by atoms with E-state index in [9.17, 15) is 9.59 Å². The third-order valence-electron chi connectivity index (χ3n) is 4.03. The molecule has 0 spiro atoms. The zero-order valence-electron chi connectivity index (χ0n) is 14.0. The van der Waals surface area contributed by atoms with E-state index in [0.29, 0.717) is 0 Å². The highest BCUT2D eigenvalue weighted by atomic mass is 32.1. The molecule has 2 heterocycles. The molecule has 0 saturated carbocycles. The molecule has 1 unspecified atom stereocenters. The summed E-state index contributed by atoms with van der Waals surface area (Å²) in [5.41, 5.74) is 3.95. The molecular weight excluding hydrogens is 338 g/mol. The number of thiazole rings is 1. The number of rotatable bonds is 6. The Hall–Kier alpha value is -2.67. The minimum atomic E-state index is -1.05. The minimum absolute atomic E-state index is 0.113. The number of carboxylic acid groups (broad SMARTS) is 1. The fourth-order valence-corrected chi connectivity index (χ4v) is 3.40. The highest BCUT2D eigenvalue weighted by Crippen LogP contribution is 2.24. The van der Waals surface area contributed by atoms with Crippen LogP contribution in [0.25, 0.3) is 16.2 Å². The van der Waals surface area contributed by atoms with Gasteiger partial charge in [0, 0.05) is 22.8 Å². The number of hydrogen-bond acceptors (Lipinski definition) is 4. The number of carboxylic acids is 1. The van der Waals surface area contributed by atoms with E-state index >= 15 is 0 Å². The first-order valence-electron chi connectivity index (χ1n) is 8.05. The lowest BCUT2D eigenvalue weighted by atomic mass is 10.1. The van der Waals surface area contributed by atoms with Gasteiger partial charge in [-0.25, -0.2) is 4.98 Å². The van der Waals surface area contributed by atoms with Crippen molar-refractivity contribution >= 4 is 28.2 Å². The fraction of sp³-hybridized carbons (Fsp3) is 0.278. The zero-order chi connectivity index (χ0) is 18.0. The molecule has 1 aromatic carbocycles. The molecular formula is C18H19N3O3S. The number of carbonyl (C=O) groups is 2. The van der Waals surface area contributed by atoms with Crippen molar-refractivity contribution in [3.05, 3.63) is 47.1 Å². The van der Waals surface area contributed by atoms with Gasteiger partial charge in [-0.1, -0.05) is 31.2 Å². The van der Waals surface area contributed by atoms with Crippen molar-refractivity contribution in [1.82, 2.24) is 14.7 Å². The van der Waals surface area contributed by atoms with Gasteiger partial charge < -0.3 is 10.4 Å².